The summed E-state index contributed by atoms with van der Waals surface area (Å²) in [5.41, 5.74) is 1.48. The van der Waals surface area contributed by atoms with Gasteiger partial charge in [0, 0.05) is 18.2 Å². The molecule has 0 aliphatic carbocycles. The van der Waals surface area contributed by atoms with E-state index in [9.17, 15) is 15.0 Å². The van der Waals surface area contributed by atoms with Gasteiger partial charge in [0.1, 0.15) is 29.7 Å². The molecule has 0 bridgehead atoms. The first-order valence-corrected chi connectivity index (χ1v) is 11.6. The second-order valence-electron chi connectivity index (χ2n) is 8.57. The van der Waals surface area contributed by atoms with Crippen LogP contribution < -0.4 is 10.3 Å². The highest BCUT2D eigenvalue weighted by Gasteiger charge is 2.15. The van der Waals surface area contributed by atoms with Crippen LogP contribution in [0.3, 0.4) is 0 Å². The molecular weight excluding hydrogens is 430 g/mol. The fourth-order valence-electron chi connectivity index (χ4n) is 4.38. The first-order valence-electron chi connectivity index (χ1n) is 11.6. The summed E-state index contributed by atoms with van der Waals surface area (Å²) < 4.78 is 7.49. The number of benzene rings is 3. The van der Waals surface area contributed by atoms with Crippen molar-refractivity contribution in [1.29, 1.82) is 0 Å². The summed E-state index contributed by atoms with van der Waals surface area (Å²) in [5.74, 6) is 1.34. The first kappa shape index (κ1) is 22.0. The molecule has 0 atom stereocenters. The number of phenols is 2. The van der Waals surface area contributed by atoms with Gasteiger partial charge in [0.05, 0.1) is 16.6 Å². The quantitative estimate of drug-likeness (QED) is 0.448. The van der Waals surface area contributed by atoms with Gasteiger partial charge in [-0.05, 0) is 86.6 Å². The van der Waals surface area contributed by atoms with Gasteiger partial charge in [-0.2, -0.15) is 0 Å². The van der Waals surface area contributed by atoms with Gasteiger partial charge in [0.15, 0.2) is 0 Å². The number of fused-ring (bicyclic) bond motifs is 1. The van der Waals surface area contributed by atoms with Crippen molar-refractivity contribution in [2.45, 2.75) is 19.3 Å². The average molecular weight is 458 g/mol. The van der Waals surface area contributed by atoms with E-state index in [-0.39, 0.29) is 17.1 Å². The number of likely N-dealkylation sites (tertiary alicyclic amines) is 1. The number of piperidine rings is 1. The lowest BCUT2D eigenvalue weighted by atomic mass is 10.1. The maximum Gasteiger partial charge on any atom is 0.266 e. The van der Waals surface area contributed by atoms with Gasteiger partial charge in [-0.25, -0.2) is 4.98 Å². The third-order valence-electron chi connectivity index (χ3n) is 6.20. The summed E-state index contributed by atoms with van der Waals surface area (Å²) >= 11 is 0. The Morgan fingerprint density at radius 1 is 0.853 bits per heavy atom. The summed E-state index contributed by atoms with van der Waals surface area (Å²) in [6.45, 7) is 3.81. The maximum absolute atomic E-state index is 13.5. The molecule has 7 nitrogen and oxygen atoms in total. The van der Waals surface area contributed by atoms with Crippen LogP contribution in [-0.2, 0) is 0 Å². The predicted molar refractivity (Wildman–Crippen MR) is 132 cm³/mol. The molecule has 174 valence electrons. The van der Waals surface area contributed by atoms with Gasteiger partial charge in [0.2, 0.25) is 0 Å². The summed E-state index contributed by atoms with van der Waals surface area (Å²) in [5, 5.41) is 20.0. The molecule has 0 spiro atoms. The van der Waals surface area contributed by atoms with Crippen LogP contribution in [0.5, 0.6) is 17.2 Å². The molecule has 1 aliphatic rings. The van der Waals surface area contributed by atoms with Gasteiger partial charge < -0.3 is 14.9 Å². The van der Waals surface area contributed by atoms with E-state index in [1.807, 2.05) is 24.3 Å². The minimum atomic E-state index is -0.244. The number of hydrogen-bond acceptors (Lipinski definition) is 6. The molecule has 0 radical (unpaired) electrons. The first-order chi connectivity index (χ1) is 16.6. The summed E-state index contributed by atoms with van der Waals surface area (Å²) in [6, 6.07) is 18.5. The zero-order valence-corrected chi connectivity index (χ0v) is 18.9. The van der Waals surface area contributed by atoms with Crippen LogP contribution in [-0.4, -0.2) is 50.9 Å². The summed E-state index contributed by atoms with van der Waals surface area (Å²) in [6.07, 6.45) is 3.83. The van der Waals surface area contributed by atoms with Crippen molar-refractivity contribution < 1.29 is 14.9 Å². The average Bonchev–Trinajstić information content (AvgIpc) is 2.85. The van der Waals surface area contributed by atoms with Crippen LogP contribution in [0.25, 0.3) is 28.0 Å². The molecule has 4 aromatic rings. The third-order valence-corrected chi connectivity index (χ3v) is 6.20. The molecule has 34 heavy (non-hydrogen) atoms. The zero-order valence-electron chi connectivity index (χ0n) is 18.9. The smallest absolute Gasteiger partial charge is 0.266 e. The molecule has 0 saturated carbocycles. The van der Waals surface area contributed by atoms with Gasteiger partial charge in [-0.3, -0.25) is 14.3 Å². The van der Waals surface area contributed by atoms with Crippen molar-refractivity contribution in [3.63, 3.8) is 0 Å². The third kappa shape index (κ3) is 4.61. The van der Waals surface area contributed by atoms with Gasteiger partial charge in [-0.15, -0.1) is 0 Å². The number of ether oxygens (including phenoxy) is 1. The van der Waals surface area contributed by atoms with Crippen molar-refractivity contribution in [1.82, 2.24) is 14.5 Å². The topological polar surface area (TPSA) is 87.8 Å². The molecule has 7 heteroatoms. The van der Waals surface area contributed by atoms with E-state index in [4.69, 9.17) is 4.74 Å². The van der Waals surface area contributed by atoms with Crippen molar-refractivity contribution in [2.24, 2.45) is 0 Å². The van der Waals surface area contributed by atoms with Crippen LogP contribution in [0.15, 0.2) is 71.5 Å². The molecule has 1 saturated heterocycles. The van der Waals surface area contributed by atoms with Gasteiger partial charge in [-0.1, -0.05) is 6.42 Å². The molecule has 2 N–H and O–H groups in total. The molecule has 1 aromatic heterocycles. The highest BCUT2D eigenvalue weighted by molar-refractivity contribution is 5.82. The fourth-order valence-corrected chi connectivity index (χ4v) is 4.38. The Hall–Kier alpha value is -3.84. The molecule has 3 aromatic carbocycles. The number of aromatic hydroxyl groups is 2. The Balaban J connectivity index is 1.47. The highest BCUT2D eigenvalue weighted by Crippen LogP contribution is 2.26. The molecule has 0 unspecified atom stereocenters. The number of aromatic nitrogens is 2. The lowest BCUT2D eigenvalue weighted by molar-refractivity contribution is 0.183. The summed E-state index contributed by atoms with van der Waals surface area (Å²) in [7, 11) is 0. The van der Waals surface area contributed by atoms with Crippen LogP contribution in [0.1, 0.15) is 19.3 Å². The molecule has 5 rings (SSSR count). The van der Waals surface area contributed by atoms with E-state index >= 15 is 0 Å². The Morgan fingerprint density at radius 3 is 2.29 bits per heavy atom. The van der Waals surface area contributed by atoms with Crippen LogP contribution in [0.4, 0.5) is 0 Å². The Morgan fingerprint density at radius 2 is 1.56 bits per heavy atom. The molecule has 1 fully saturated rings. The van der Waals surface area contributed by atoms with Crippen LogP contribution >= 0.6 is 0 Å². The largest absolute Gasteiger partial charge is 0.508 e. The van der Waals surface area contributed by atoms with Crippen molar-refractivity contribution in [3.8, 4) is 34.3 Å². The molecule has 2 heterocycles. The van der Waals surface area contributed by atoms with E-state index in [1.165, 1.54) is 31.4 Å². The lowest BCUT2D eigenvalue weighted by Gasteiger charge is -2.26. The maximum atomic E-state index is 13.5. The number of nitrogens with zero attached hydrogens (tertiary/aromatic N) is 3. The number of hydrogen-bond donors (Lipinski definition) is 2. The van der Waals surface area contributed by atoms with Gasteiger partial charge in [0.25, 0.3) is 5.56 Å². The van der Waals surface area contributed by atoms with E-state index in [1.54, 1.807) is 34.9 Å². The molecule has 0 amide bonds. The Labute approximate surface area is 197 Å². The second kappa shape index (κ2) is 9.57. The predicted octanol–water partition coefficient (Wildman–Crippen LogP) is 4.33. The zero-order chi connectivity index (χ0) is 23.5. The number of phenolic OH excluding ortho intramolecular Hbond substituents is 2. The van der Waals surface area contributed by atoms with E-state index < -0.39 is 0 Å². The highest BCUT2D eigenvalue weighted by atomic mass is 16.5. The lowest BCUT2D eigenvalue weighted by Crippen LogP contribution is -2.33. The van der Waals surface area contributed by atoms with E-state index in [0.717, 1.165) is 25.4 Å². The standard InChI is InChI=1S/C27H27N3O4/c31-21-8-4-19(5-9-21)26-28-25-18-22(32)10-13-24(25)27(33)30(26)20-6-11-23(12-7-20)34-17-16-29-14-2-1-3-15-29/h4-13,18,31-32H,1-3,14-17H2. The van der Waals surface area contributed by atoms with Crippen molar-refractivity contribution in [3.05, 3.63) is 77.1 Å². The Kier molecular flexibility index (Phi) is 6.18. The van der Waals surface area contributed by atoms with Crippen LogP contribution in [0.2, 0.25) is 0 Å². The molecule has 1 aliphatic heterocycles. The monoisotopic (exact) mass is 457 g/mol. The number of rotatable bonds is 6. The fraction of sp³-hybridized carbons (Fsp3) is 0.259. The second-order valence-corrected chi connectivity index (χ2v) is 8.57. The van der Waals surface area contributed by atoms with Crippen molar-refractivity contribution >= 4 is 10.9 Å². The van der Waals surface area contributed by atoms with E-state index in [0.29, 0.717) is 34.6 Å². The summed E-state index contributed by atoms with van der Waals surface area (Å²) in [4.78, 5) is 20.6. The van der Waals surface area contributed by atoms with Crippen LogP contribution in [0, 0.1) is 0 Å². The Bertz CT molecular complexity index is 1340. The minimum Gasteiger partial charge on any atom is -0.508 e. The minimum absolute atomic E-state index is 0.0415. The van der Waals surface area contributed by atoms with Crippen molar-refractivity contribution in [2.75, 3.05) is 26.2 Å². The van der Waals surface area contributed by atoms with E-state index in [2.05, 4.69) is 9.88 Å². The molecular formula is C27H27N3O4. The SMILES string of the molecule is O=c1c2ccc(O)cc2nc(-c2ccc(O)cc2)n1-c1ccc(OCCN2CCCCC2)cc1. The van der Waals surface area contributed by atoms with Gasteiger partial charge >= 0.3 is 0 Å². The normalized spacial score (nSPS) is 14.4.